The molecule has 0 aliphatic carbocycles. The highest BCUT2D eigenvalue weighted by Crippen LogP contribution is 2.12. The zero-order chi connectivity index (χ0) is 13.3. The molecule has 4 heteroatoms. The van der Waals surface area contributed by atoms with Crippen LogP contribution >= 0.6 is 9.39 Å². The lowest BCUT2D eigenvalue weighted by molar-refractivity contribution is -0.148. The number of benzene rings is 1. The van der Waals surface area contributed by atoms with Crippen molar-refractivity contribution >= 4 is 21.0 Å². The van der Waals surface area contributed by atoms with Gasteiger partial charge in [-0.05, 0) is 27.1 Å². The molecule has 3 nitrogen and oxygen atoms in total. The average Bonchev–Trinajstić information content (AvgIpc) is 2.38. The molecule has 1 aromatic rings. The van der Waals surface area contributed by atoms with Crippen LogP contribution in [0.4, 0.5) is 5.69 Å². The first kappa shape index (κ1) is 15.9. The molecule has 17 heavy (non-hydrogen) atoms. The van der Waals surface area contributed by atoms with Crippen molar-refractivity contribution in [3.05, 3.63) is 29.8 Å². The lowest BCUT2D eigenvalue weighted by Crippen LogP contribution is -2.11. The Morgan fingerprint density at radius 2 is 1.82 bits per heavy atom. The highest BCUT2D eigenvalue weighted by atomic mass is 31.0. The quantitative estimate of drug-likeness (QED) is 0.659. The number of carbonyl (C=O) groups excluding carboxylic acids is 1. The molecule has 0 heterocycles. The Morgan fingerprint density at radius 3 is 2.24 bits per heavy atom. The Bertz CT molecular complexity index is 323. The minimum Gasteiger partial charge on any atom is -0.461 e. The van der Waals surface area contributed by atoms with Gasteiger partial charge in [-0.2, -0.15) is 0 Å². The van der Waals surface area contributed by atoms with Crippen LogP contribution in [-0.4, -0.2) is 5.97 Å². The summed E-state index contributed by atoms with van der Waals surface area (Å²) < 4.78 is 5.10. The third-order valence-corrected chi connectivity index (χ3v) is 2.31. The van der Waals surface area contributed by atoms with Gasteiger partial charge in [-0.1, -0.05) is 39.8 Å². The molecule has 1 aromatic carbocycles. The average molecular weight is 255 g/mol. The Balaban J connectivity index is 0.00000121. The zero-order valence-corrected chi connectivity index (χ0v) is 12.1. The summed E-state index contributed by atoms with van der Waals surface area (Å²) in [4.78, 5) is 11.2. The maximum atomic E-state index is 11.2. The monoisotopic (exact) mass is 255 g/mol. The molecule has 0 amide bonds. The summed E-state index contributed by atoms with van der Waals surface area (Å²) >= 11 is 0. The van der Waals surface area contributed by atoms with E-state index in [9.17, 15) is 4.79 Å². The summed E-state index contributed by atoms with van der Waals surface area (Å²) in [5, 5.41) is 2.95. The highest BCUT2D eigenvalue weighted by molar-refractivity contribution is 7.18. The van der Waals surface area contributed by atoms with Crippen LogP contribution in [0.25, 0.3) is 0 Å². The van der Waals surface area contributed by atoms with Crippen molar-refractivity contribution in [2.75, 3.05) is 5.09 Å². The van der Waals surface area contributed by atoms with Crippen molar-refractivity contribution < 1.29 is 9.53 Å². The second-order valence-corrected chi connectivity index (χ2v) is 3.89. The standard InChI is InChI=1S/C11H16NO2P.C2H6/c1-8(2)11(13)14-7-9-3-5-10(12-15)6-4-9;1-2/h3-6,8,12H,7,15H2,1-2H3;1-2H3. The van der Waals surface area contributed by atoms with Crippen molar-refractivity contribution in [2.45, 2.75) is 34.3 Å². The first-order valence-electron chi connectivity index (χ1n) is 5.85. The Kier molecular flexibility index (Phi) is 8.43. The summed E-state index contributed by atoms with van der Waals surface area (Å²) in [6, 6.07) is 7.73. The second-order valence-electron chi connectivity index (χ2n) is 3.60. The van der Waals surface area contributed by atoms with Gasteiger partial charge in [0.25, 0.3) is 0 Å². The lowest BCUT2D eigenvalue weighted by Gasteiger charge is -2.07. The Labute approximate surface area is 106 Å². The largest absolute Gasteiger partial charge is 0.461 e. The van der Waals surface area contributed by atoms with E-state index in [4.69, 9.17) is 4.74 Å². The van der Waals surface area contributed by atoms with E-state index in [2.05, 4.69) is 14.5 Å². The summed E-state index contributed by atoms with van der Waals surface area (Å²) in [6.45, 7) is 7.99. The first-order chi connectivity index (χ1) is 8.13. The molecule has 0 spiro atoms. The number of nitrogens with one attached hydrogen (secondary N) is 1. The molecule has 1 atom stereocenters. The molecule has 96 valence electrons. The molecule has 0 aliphatic heterocycles. The zero-order valence-electron chi connectivity index (χ0n) is 11.0. The topological polar surface area (TPSA) is 38.3 Å². The summed E-state index contributed by atoms with van der Waals surface area (Å²) in [5.74, 6) is -0.235. The van der Waals surface area contributed by atoms with Gasteiger partial charge in [0.05, 0.1) is 5.92 Å². The number of esters is 1. The number of ether oxygens (including phenoxy) is 1. The second kappa shape index (κ2) is 9.00. The third-order valence-electron chi connectivity index (χ3n) is 1.97. The molecule has 0 fully saturated rings. The number of carbonyl (C=O) groups is 1. The minimum absolute atomic E-state index is 0.0713. The fraction of sp³-hybridized carbons (Fsp3) is 0.462. The van der Waals surface area contributed by atoms with Gasteiger partial charge >= 0.3 is 5.97 Å². The lowest BCUT2D eigenvalue weighted by atomic mass is 10.2. The summed E-state index contributed by atoms with van der Waals surface area (Å²) in [7, 11) is 2.43. The van der Waals surface area contributed by atoms with Crippen LogP contribution in [-0.2, 0) is 16.1 Å². The fourth-order valence-corrected chi connectivity index (χ4v) is 1.21. The van der Waals surface area contributed by atoms with Gasteiger partial charge in [-0.15, -0.1) is 0 Å². The fourth-order valence-electron chi connectivity index (χ4n) is 1.02. The van der Waals surface area contributed by atoms with Crippen LogP contribution in [0.3, 0.4) is 0 Å². The van der Waals surface area contributed by atoms with Gasteiger partial charge in [0.1, 0.15) is 6.61 Å². The highest BCUT2D eigenvalue weighted by Gasteiger charge is 2.07. The Morgan fingerprint density at radius 1 is 1.29 bits per heavy atom. The summed E-state index contributed by atoms with van der Waals surface area (Å²) in [5.41, 5.74) is 2.01. The van der Waals surface area contributed by atoms with Crippen LogP contribution in [0, 0.1) is 5.92 Å². The van der Waals surface area contributed by atoms with Gasteiger partial charge < -0.3 is 9.82 Å². The van der Waals surface area contributed by atoms with Crippen molar-refractivity contribution in [2.24, 2.45) is 5.92 Å². The maximum absolute atomic E-state index is 11.2. The summed E-state index contributed by atoms with van der Waals surface area (Å²) in [6.07, 6.45) is 0. The van der Waals surface area contributed by atoms with Crippen molar-refractivity contribution in [3.63, 3.8) is 0 Å². The molecule has 1 unspecified atom stereocenters. The Hall–Kier alpha value is -1.08. The number of hydrogen-bond donors (Lipinski definition) is 1. The molecule has 0 aromatic heterocycles. The smallest absolute Gasteiger partial charge is 0.308 e. The number of hydrogen-bond acceptors (Lipinski definition) is 3. The van der Waals surface area contributed by atoms with Crippen LogP contribution in [0.1, 0.15) is 33.3 Å². The van der Waals surface area contributed by atoms with Crippen molar-refractivity contribution in [1.82, 2.24) is 0 Å². The molecule has 1 N–H and O–H groups in total. The third kappa shape index (κ3) is 6.28. The molecule has 0 bridgehead atoms. The number of rotatable bonds is 4. The van der Waals surface area contributed by atoms with Crippen molar-refractivity contribution in [1.29, 1.82) is 0 Å². The van der Waals surface area contributed by atoms with Crippen LogP contribution in [0.2, 0.25) is 0 Å². The molecular weight excluding hydrogens is 233 g/mol. The normalized spacial score (nSPS) is 9.29. The van der Waals surface area contributed by atoms with Gasteiger partial charge in [0.15, 0.2) is 0 Å². The van der Waals surface area contributed by atoms with E-state index in [-0.39, 0.29) is 11.9 Å². The van der Waals surface area contributed by atoms with Gasteiger partial charge in [-0.3, -0.25) is 4.79 Å². The van der Waals surface area contributed by atoms with E-state index >= 15 is 0 Å². The van der Waals surface area contributed by atoms with E-state index in [1.165, 1.54) is 0 Å². The molecular formula is C13H22NO2P. The number of anilines is 1. The molecule has 0 aliphatic rings. The molecule has 0 radical (unpaired) electrons. The van der Waals surface area contributed by atoms with Crippen molar-refractivity contribution in [3.8, 4) is 0 Å². The maximum Gasteiger partial charge on any atom is 0.308 e. The van der Waals surface area contributed by atoms with Gasteiger partial charge in [0.2, 0.25) is 0 Å². The minimum atomic E-state index is -0.164. The predicted molar refractivity (Wildman–Crippen MR) is 75.8 cm³/mol. The molecule has 0 saturated carbocycles. The van der Waals surface area contributed by atoms with E-state index in [1.54, 1.807) is 0 Å². The van der Waals surface area contributed by atoms with E-state index in [0.717, 1.165) is 11.3 Å². The molecule has 1 rings (SSSR count). The van der Waals surface area contributed by atoms with Gasteiger partial charge in [-0.25, -0.2) is 0 Å². The van der Waals surface area contributed by atoms with E-state index in [0.29, 0.717) is 6.61 Å². The predicted octanol–water partition coefficient (Wildman–Crippen LogP) is 3.61. The van der Waals surface area contributed by atoms with Crippen LogP contribution < -0.4 is 5.09 Å². The van der Waals surface area contributed by atoms with E-state index in [1.807, 2.05) is 52.0 Å². The van der Waals surface area contributed by atoms with Crippen LogP contribution in [0.5, 0.6) is 0 Å². The van der Waals surface area contributed by atoms with Gasteiger partial charge in [0, 0.05) is 5.69 Å². The SMILES string of the molecule is CC.CC(C)C(=O)OCc1ccc(NP)cc1. The van der Waals surface area contributed by atoms with E-state index < -0.39 is 0 Å². The first-order valence-corrected chi connectivity index (χ1v) is 6.43. The molecule has 0 saturated heterocycles. The van der Waals surface area contributed by atoms with Crippen LogP contribution in [0.15, 0.2) is 24.3 Å².